The number of carbonyl (C=O) groups is 1. The van der Waals surface area contributed by atoms with Gasteiger partial charge in [-0.25, -0.2) is 4.98 Å². The molecule has 0 amide bonds. The summed E-state index contributed by atoms with van der Waals surface area (Å²) in [7, 11) is 6.96. The van der Waals surface area contributed by atoms with Gasteiger partial charge in [-0.05, 0) is 55.6 Å². The monoisotopic (exact) mass is 623 g/mol. The van der Waals surface area contributed by atoms with Crippen LogP contribution in [-0.2, 0) is 17.8 Å². The van der Waals surface area contributed by atoms with Crippen molar-refractivity contribution < 1.29 is 14.3 Å². The lowest BCUT2D eigenvalue weighted by Crippen LogP contribution is -2.23. The van der Waals surface area contributed by atoms with Crippen LogP contribution >= 0.6 is 11.6 Å². The van der Waals surface area contributed by atoms with Gasteiger partial charge in [0.05, 0.1) is 43.2 Å². The van der Waals surface area contributed by atoms with Gasteiger partial charge in [0.15, 0.2) is 5.78 Å². The van der Waals surface area contributed by atoms with Crippen molar-refractivity contribution in [2.75, 3.05) is 40.2 Å². The third-order valence-corrected chi connectivity index (χ3v) is 7.55. The fourth-order valence-electron chi connectivity index (χ4n) is 4.99. The van der Waals surface area contributed by atoms with Crippen molar-refractivity contribution in [1.82, 2.24) is 19.4 Å². The summed E-state index contributed by atoms with van der Waals surface area (Å²) in [5.74, 6) is 1.46. The summed E-state index contributed by atoms with van der Waals surface area (Å²) in [5, 5.41) is 4.29. The average Bonchev–Trinajstić information content (AvgIpc) is 3.03. The van der Waals surface area contributed by atoms with Gasteiger partial charge in [0, 0.05) is 54.0 Å². The number of ketones is 1. The summed E-state index contributed by atoms with van der Waals surface area (Å²) < 4.78 is 12.6. The van der Waals surface area contributed by atoms with Crippen LogP contribution < -0.4 is 20.3 Å². The van der Waals surface area contributed by atoms with E-state index < -0.39 is 0 Å². The van der Waals surface area contributed by atoms with Crippen LogP contribution in [0, 0.1) is 0 Å². The topological polar surface area (TPSA) is 98.6 Å². The standard InChI is InChI=1S/C35H34ClN5O4/c1-40(2)13-7-11-27(42)15-23-8-5-9-24(14-23)22-41-31-19-33(39-26-10-6-12-37-21-26)38-20-25(31)16-30(35(41)43)29-17-28(44-3)18-32(45-4)34(29)36/h5-12,14,16-21H,13,15,22H2,1-4H3,(H,38,39)/b11-7+. The Hall–Kier alpha value is -4.99. The zero-order valence-electron chi connectivity index (χ0n) is 25.6. The number of rotatable bonds is 12. The van der Waals surface area contributed by atoms with Gasteiger partial charge in [0.2, 0.25) is 0 Å². The number of pyridine rings is 3. The van der Waals surface area contributed by atoms with E-state index >= 15 is 0 Å². The fraction of sp³-hybridized carbons (Fsp3) is 0.200. The molecule has 3 aromatic heterocycles. The Balaban J connectivity index is 1.60. The molecule has 0 spiro atoms. The van der Waals surface area contributed by atoms with Crippen LogP contribution in [0.15, 0.2) is 96.2 Å². The molecule has 0 fully saturated rings. The van der Waals surface area contributed by atoms with Gasteiger partial charge in [0.1, 0.15) is 17.3 Å². The summed E-state index contributed by atoms with van der Waals surface area (Å²) in [6, 6.07) is 18.4. The minimum atomic E-state index is -0.258. The number of ether oxygens (including phenoxy) is 2. The SMILES string of the molecule is COc1cc(OC)c(Cl)c(-c2cc3cnc(Nc4cccnc4)cc3n(Cc3cccc(CC(=O)/C=C/CN(C)C)c3)c2=O)c1. The second kappa shape index (κ2) is 14.2. The summed E-state index contributed by atoms with van der Waals surface area (Å²) in [5.41, 5.74) is 3.76. The fourth-order valence-corrected chi connectivity index (χ4v) is 5.27. The number of halogens is 1. The molecule has 230 valence electrons. The van der Waals surface area contributed by atoms with E-state index in [0.717, 1.165) is 22.2 Å². The molecule has 0 aliphatic heterocycles. The first-order chi connectivity index (χ1) is 21.7. The van der Waals surface area contributed by atoms with Crippen molar-refractivity contribution in [3.05, 3.63) is 118 Å². The smallest absolute Gasteiger partial charge is 0.259 e. The maximum atomic E-state index is 14.3. The first-order valence-corrected chi connectivity index (χ1v) is 14.7. The van der Waals surface area contributed by atoms with Crippen molar-refractivity contribution in [2.24, 2.45) is 0 Å². The Morgan fingerprint density at radius 1 is 1.00 bits per heavy atom. The van der Waals surface area contributed by atoms with Crippen LogP contribution in [0.5, 0.6) is 11.5 Å². The number of methoxy groups -OCH3 is 2. The molecule has 3 heterocycles. The van der Waals surface area contributed by atoms with Gasteiger partial charge in [0.25, 0.3) is 5.56 Å². The number of benzene rings is 2. The van der Waals surface area contributed by atoms with Crippen LogP contribution in [-0.4, -0.2) is 60.1 Å². The van der Waals surface area contributed by atoms with Crippen LogP contribution in [0.1, 0.15) is 11.1 Å². The molecule has 45 heavy (non-hydrogen) atoms. The molecule has 0 aliphatic rings. The normalized spacial score (nSPS) is 11.3. The number of carbonyl (C=O) groups excluding carboxylic acids is 1. The number of likely N-dealkylation sites (N-methyl/N-ethyl adjacent to an activating group) is 1. The number of allylic oxidation sites excluding steroid dienone is 1. The van der Waals surface area contributed by atoms with Gasteiger partial charge in [-0.15, -0.1) is 0 Å². The van der Waals surface area contributed by atoms with Crippen molar-refractivity contribution in [3.63, 3.8) is 0 Å². The van der Waals surface area contributed by atoms with Gasteiger partial charge in [-0.1, -0.05) is 41.9 Å². The maximum Gasteiger partial charge on any atom is 0.259 e. The van der Waals surface area contributed by atoms with E-state index in [0.29, 0.717) is 45.5 Å². The minimum absolute atomic E-state index is 0.0115. The molecule has 0 bridgehead atoms. The van der Waals surface area contributed by atoms with E-state index in [2.05, 4.69) is 15.3 Å². The van der Waals surface area contributed by atoms with Crippen molar-refractivity contribution in [1.29, 1.82) is 0 Å². The molecule has 0 saturated carbocycles. The first-order valence-electron chi connectivity index (χ1n) is 14.3. The van der Waals surface area contributed by atoms with Crippen LogP contribution in [0.4, 0.5) is 11.5 Å². The molecule has 10 heteroatoms. The number of anilines is 2. The molecule has 0 radical (unpaired) electrons. The number of aromatic nitrogens is 3. The van der Waals surface area contributed by atoms with Crippen molar-refractivity contribution >= 4 is 39.8 Å². The molecule has 5 aromatic rings. The molecule has 9 nitrogen and oxygen atoms in total. The Labute approximate surface area is 266 Å². The Morgan fingerprint density at radius 2 is 1.82 bits per heavy atom. The molecule has 1 N–H and O–H groups in total. The molecule has 0 unspecified atom stereocenters. The van der Waals surface area contributed by atoms with E-state index in [-0.39, 0.29) is 24.3 Å². The zero-order chi connectivity index (χ0) is 31.9. The maximum absolute atomic E-state index is 14.3. The Morgan fingerprint density at radius 3 is 2.56 bits per heavy atom. The average molecular weight is 624 g/mol. The third kappa shape index (κ3) is 7.57. The van der Waals surface area contributed by atoms with Gasteiger partial charge >= 0.3 is 0 Å². The number of nitrogens with zero attached hydrogens (tertiary/aromatic N) is 4. The second-order valence-corrected chi connectivity index (χ2v) is 11.1. The molecule has 0 saturated heterocycles. The third-order valence-electron chi connectivity index (χ3n) is 7.16. The summed E-state index contributed by atoms with van der Waals surface area (Å²) >= 11 is 6.75. The number of nitrogens with one attached hydrogen (secondary N) is 1. The quantitative estimate of drug-likeness (QED) is 0.165. The zero-order valence-corrected chi connectivity index (χ0v) is 26.3. The van der Waals surface area contributed by atoms with E-state index in [1.807, 2.05) is 67.5 Å². The lowest BCUT2D eigenvalue weighted by atomic mass is 10.0. The lowest BCUT2D eigenvalue weighted by molar-refractivity contribution is -0.114. The Bertz CT molecular complexity index is 1920. The minimum Gasteiger partial charge on any atom is -0.497 e. The number of fused-ring (bicyclic) bond motifs is 1. The predicted octanol–water partition coefficient (Wildman–Crippen LogP) is 6.15. The number of hydrogen-bond acceptors (Lipinski definition) is 8. The molecular formula is C35H34ClN5O4. The molecular weight excluding hydrogens is 590 g/mol. The highest BCUT2D eigenvalue weighted by atomic mass is 35.5. The highest BCUT2D eigenvalue weighted by molar-refractivity contribution is 6.35. The summed E-state index contributed by atoms with van der Waals surface area (Å²) in [6.07, 6.45) is 8.84. The lowest BCUT2D eigenvalue weighted by Gasteiger charge is -2.17. The first kappa shape index (κ1) is 31.4. The van der Waals surface area contributed by atoms with Crippen LogP contribution in [0.2, 0.25) is 5.02 Å². The van der Waals surface area contributed by atoms with Gasteiger partial charge in [-0.3, -0.25) is 14.6 Å². The van der Waals surface area contributed by atoms with E-state index in [9.17, 15) is 9.59 Å². The van der Waals surface area contributed by atoms with E-state index in [1.54, 1.807) is 54.5 Å². The van der Waals surface area contributed by atoms with E-state index in [4.69, 9.17) is 21.1 Å². The largest absolute Gasteiger partial charge is 0.497 e. The molecule has 2 aromatic carbocycles. The predicted molar refractivity (Wildman–Crippen MR) is 179 cm³/mol. The highest BCUT2D eigenvalue weighted by Gasteiger charge is 2.19. The van der Waals surface area contributed by atoms with Crippen LogP contribution in [0.25, 0.3) is 22.0 Å². The van der Waals surface area contributed by atoms with Gasteiger partial charge in [-0.2, -0.15) is 0 Å². The van der Waals surface area contributed by atoms with Gasteiger partial charge < -0.3 is 24.3 Å². The Kier molecular flexibility index (Phi) is 9.92. The van der Waals surface area contributed by atoms with E-state index in [1.165, 1.54) is 7.11 Å². The highest BCUT2D eigenvalue weighted by Crippen LogP contribution is 2.39. The van der Waals surface area contributed by atoms with Crippen molar-refractivity contribution in [3.8, 4) is 22.6 Å². The molecule has 5 rings (SSSR count). The van der Waals surface area contributed by atoms with Crippen LogP contribution in [0.3, 0.4) is 0 Å². The molecule has 0 atom stereocenters. The molecule has 0 aliphatic carbocycles. The number of hydrogen-bond donors (Lipinski definition) is 1. The van der Waals surface area contributed by atoms with Crippen molar-refractivity contribution in [2.45, 2.75) is 13.0 Å². The second-order valence-electron chi connectivity index (χ2n) is 10.8. The summed E-state index contributed by atoms with van der Waals surface area (Å²) in [6.45, 7) is 0.935. The summed E-state index contributed by atoms with van der Waals surface area (Å²) in [4.78, 5) is 37.7.